The number of hydrogen-bond donors (Lipinski definition) is 0. The van der Waals surface area contributed by atoms with Gasteiger partial charge in [-0.1, -0.05) is 30.3 Å². The minimum atomic E-state index is 0.403. The molecule has 3 heteroatoms. The van der Waals surface area contributed by atoms with Crippen molar-refractivity contribution in [3.63, 3.8) is 0 Å². The highest BCUT2D eigenvalue weighted by atomic mass is 16.4. The van der Waals surface area contributed by atoms with Crippen LogP contribution < -0.4 is 4.90 Å². The molecule has 0 spiro atoms. The molecular weight excluding hydrogens is 238 g/mol. The highest BCUT2D eigenvalue weighted by Crippen LogP contribution is 2.30. The number of piperidine rings is 1. The number of hydrogen-bond acceptors (Lipinski definition) is 3. The maximum absolute atomic E-state index is 10.6. The third-order valence-electron chi connectivity index (χ3n) is 3.81. The lowest BCUT2D eigenvalue weighted by Crippen LogP contribution is -2.32. The summed E-state index contributed by atoms with van der Waals surface area (Å²) < 4.78 is 5.47. The van der Waals surface area contributed by atoms with Crippen molar-refractivity contribution in [1.29, 1.82) is 0 Å². The van der Waals surface area contributed by atoms with Crippen LogP contribution in [-0.4, -0.2) is 19.4 Å². The summed E-state index contributed by atoms with van der Waals surface area (Å²) in [5.74, 6) is 1.85. The third kappa shape index (κ3) is 2.55. The van der Waals surface area contributed by atoms with Crippen LogP contribution in [0.15, 0.2) is 46.9 Å². The molecule has 0 unspecified atom stereocenters. The van der Waals surface area contributed by atoms with Gasteiger partial charge in [-0.15, -0.1) is 0 Å². The van der Waals surface area contributed by atoms with E-state index < -0.39 is 0 Å². The highest BCUT2D eigenvalue weighted by Gasteiger charge is 2.22. The van der Waals surface area contributed by atoms with E-state index in [9.17, 15) is 4.79 Å². The number of aldehydes is 1. The highest BCUT2D eigenvalue weighted by molar-refractivity contribution is 5.71. The van der Waals surface area contributed by atoms with E-state index in [2.05, 4.69) is 35.2 Å². The van der Waals surface area contributed by atoms with Gasteiger partial charge in [-0.3, -0.25) is 4.79 Å². The SMILES string of the molecule is O=Cc1ccc(N2CCC(c3ccccc3)CC2)o1. The maximum atomic E-state index is 10.6. The molecule has 2 aromatic rings. The molecule has 3 nitrogen and oxygen atoms in total. The minimum Gasteiger partial charge on any atom is -0.438 e. The standard InChI is InChI=1S/C16H17NO2/c18-12-15-6-7-16(19-15)17-10-8-14(9-11-17)13-4-2-1-3-5-13/h1-7,12,14H,8-11H2. The molecule has 0 saturated carbocycles. The second-order valence-corrected chi connectivity index (χ2v) is 4.97. The summed E-state index contributed by atoms with van der Waals surface area (Å²) in [6.07, 6.45) is 3.00. The lowest BCUT2D eigenvalue weighted by Gasteiger charge is -2.32. The van der Waals surface area contributed by atoms with Crippen LogP contribution in [0.5, 0.6) is 0 Å². The molecule has 1 aliphatic heterocycles. The molecule has 1 fully saturated rings. The minimum absolute atomic E-state index is 0.403. The molecule has 0 aliphatic carbocycles. The van der Waals surface area contributed by atoms with E-state index in [-0.39, 0.29) is 0 Å². The molecule has 0 amide bonds. The summed E-state index contributed by atoms with van der Waals surface area (Å²) >= 11 is 0. The number of anilines is 1. The van der Waals surface area contributed by atoms with E-state index in [0.717, 1.165) is 38.1 Å². The van der Waals surface area contributed by atoms with Crippen molar-refractivity contribution in [3.05, 3.63) is 53.8 Å². The number of benzene rings is 1. The molecule has 3 rings (SSSR count). The Labute approximate surface area is 112 Å². The molecule has 2 heterocycles. The Bertz CT molecular complexity index is 539. The largest absolute Gasteiger partial charge is 0.438 e. The van der Waals surface area contributed by atoms with E-state index in [4.69, 9.17) is 4.42 Å². The Morgan fingerprint density at radius 2 is 1.79 bits per heavy atom. The number of carbonyl (C=O) groups excluding carboxylic acids is 1. The lowest BCUT2D eigenvalue weighted by atomic mass is 9.89. The van der Waals surface area contributed by atoms with Gasteiger partial charge in [-0.05, 0) is 30.4 Å². The fourth-order valence-electron chi connectivity index (χ4n) is 2.73. The number of rotatable bonds is 3. The van der Waals surface area contributed by atoms with Crippen LogP contribution in [-0.2, 0) is 0 Å². The molecule has 98 valence electrons. The topological polar surface area (TPSA) is 33.5 Å². The van der Waals surface area contributed by atoms with E-state index in [1.807, 2.05) is 6.07 Å². The van der Waals surface area contributed by atoms with Crippen LogP contribution in [0.25, 0.3) is 0 Å². The average Bonchev–Trinajstić information content (AvgIpc) is 2.97. The summed E-state index contributed by atoms with van der Waals surface area (Å²) in [6.45, 7) is 1.96. The molecule has 1 aromatic carbocycles. The summed E-state index contributed by atoms with van der Waals surface area (Å²) in [7, 11) is 0. The molecule has 1 aliphatic rings. The van der Waals surface area contributed by atoms with Crippen molar-refractivity contribution in [2.75, 3.05) is 18.0 Å². The zero-order valence-corrected chi connectivity index (χ0v) is 10.8. The van der Waals surface area contributed by atoms with Crippen molar-refractivity contribution in [1.82, 2.24) is 0 Å². The zero-order valence-electron chi connectivity index (χ0n) is 10.8. The Hall–Kier alpha value is -2.03. The summed E-state index contributed by atoms with van der Waals surface area (Å²) in [6, 6.07) is 14.3. The van der Waals surface area contributed by atoms with E-state index in [0.29, 0.717) is 11.7 Å². The number of carbonyl (C=O) groups is 1. The Kier molecular flexibility index (Phi) is 3.36. The maximum Gasteiger partial charge on any atom is 0.196 e. The fourth-order valence-corrected chi connectivity index (χ4v) is 2.73. The monoisotopic (exact) mass is 255 g/mol. The van der Waals surface area contributed by atoms with Crippen LogP contribution in [0.4, 0.5) is 5.88 Å². The lowest BCUT2D eigenvalue weighted by molar-refractivity contribution is 0.110. The Morgan fingerprint density at radius 1 is 1.05 bits per heavy atom. The van der Waals surface area contributed by atoms with Gasteiger partial charge in [-0.2, -0.15) is 0 Å². The summed E-state index contributed by atoms with van der Waals surface area (Å²) in [5.41, 5.74) is 1.43. The van der Waals surface area contributed by atoms with Crippen LogP contribution >= 0.6 is 0 Å². The van der Waals surface area contributed by atoms with Gasteiger partial charge in [-0.25, -0.2) is 0 Å². The van der Waals surface area contributed by atoms with Crippen molar-refractivity contribution >= 4 is 12.2 Å². The predicted molar refractivity (Wildman–Crippen MR) is 74.7 cm³/mol. The van der Waals surface area contributed by atoms with E-state index in [1.165, 1.54) is 5.56 Å². The first-order chi connectivity index (χ1) is 9.36. The van der Waals surface area contributed by atoms with Crippen LogP contribution in [0.2, 0.25) is 0 Å². The second kappa shape index (κ2) is 5.31. The first kappa shape index (κ1) is 12.0. The van der Waals surface area contributed by atoms with Gasteiger partial charge in [0.2, 0.25) is 0 Å². The Balaban J connectivity index is 1.65. The van der Waals surface area contributed by atoms with E-state index in [1.54, 1.807) is 6.07 Å². The first-order valence-electron chi connectivity index (χ1n) is 6.72. The predicted octanol–water partition coefficient (Wildman–Crippen LogP) is 3.48. The molecule has 1 aromatic heterocycles. The summed E-state index contributed by atoms with van der Waals surface area (Å²) in [4.78, 5) is 12.8. The van der Waals surface area contributed by atoms with Crippen LogP contribution in [0.1, 0.15) is 34.9 Å². The van der Waals surface area contributed by atoms with Gasteiger partial charge in [0, 0.05) is 19.2 Å². The molecule has 0 atom stereocenters. The van der Waals surface area contributed by atoms with Gasteiger partial charge in [0.25, 0.3) is 0 Å². The van der Waals surface area contributed by atoms with Crippen LogP contribution in [0, 0.1) is 0 Å². The zero-order chi connectivity index (χ0) is 13.1. The van der Waals surface area contributed by atoms with Crippen molar-refractivity contribution < 1.29 is 9.21 Å². The van der Waals surface area contributed by atoms with Crippen LogP contribution in [0.3, 0.4) is 0 Å². The molecule has 1 saturated heterocycles. The van der Waals surface area contributed by atoms with E-state index >= 15 is 0 Å². The number of nitrogens with zero attached hydrogens (tertiary/aromatic N) is 1. The fraction of sp³-hybridized carbons (Fsp3) is 0.312. The van der Waals surface area contributed by atoms with Gasteiger partial charge in [0.05, 0.1) is 0 Å². The smallest absolute Gasteiger partial charge is 0.196 e. The third-order valence-corrected chi connectivity index (χ3v) is 3.81. The Morgan fingerprint density at radius 3 is 2.42 bits per heavy atom. The molecule has 0 radical (unpaired) electrons. The molecule has 0 N–H and O–H groups in total. The van der Waals surface area contributed by atoms with Crippen molar-refractivity contribution in [2.45, 2.75) is 18.8 Å². The van der Waals surface area contributed by atoms with Gasteiger partial charge in [0.1, 0.15) is 0 Å². The quantitative estimate of drug-likeness (QED) is 0.787. The normalized spacial score (nSPS) is 16.5. The number of furan rings is 1. The van der Waals surface area contributed by atoms with Crippen molar-refractivity contribution in [3.8, 4) is 0 Å². The first-order valence-corrected chi connectivity index (χ1v) is 6.72. The van der Waals surface area contributed by atoms with Crippen molar-refractivity contribution in [2.24, 2.45) is 0 Å². The molecule has 0 bridgehead atoms. The average molecular weight is 255 g/mol. The summed E-state index contributed by atoms with van der Waals surface area (Å²) in [5, 5.41) is 0. The molecular formula is C16H17NO2. The second-order valence-electron chi connectivity index (χ2n) is 4.97. The van der Waals surface area contributed by atoms with Gasteiger partial charge >= 0.3 is 0 Å². The van der Waals surface area contributed by atoms with Gasteiger partial charge < -0.3 is 9.32 Å². The van der Waals surface area contributed by atoms with Gasteiger partial charge in [0.15, 0.2) is 17.9 Å². The molecule has 19 heavy (non-hydrogen) atoms.